The van der Waals surface area contributed by atoms with E-state index in [1.807, 2.05) is 35.7 Å². The molecule has 0 bridgehead atoms. The number of likely N-dealkylation sites (N-methyl/N-ethyl adjacent to an activating group) is 1. The van der Waals surface area contributed by atoms with Gasteiger partial charge in [-0.3, -0.25) is 9.59 Å². The molecule has 5 nitrogen and oxygen atoms in total. The number of ether oxygens (including phenoxy) is 1. The highest BCUT2D eigenvalue weighted by Gasteiger charge is 2.12. The number of hydrogen-bond donors (Lipinski definition) is 1. The molecule has 1 N–H and O–H groups in total. The van der Waals surface area contributed by atoms with E-state index >= 15 is 0 Å². The molecule has 0 atom stereocenters. The first-order chi connectivity index (χ1) is 13.5. The summed E-state index contributed by atoms with van der Waals surface area (Å²) in [4.78, 5) is 26.8. The van der Waals surface area contributed by atoms with Crippen LogP contribution in [-0.2, 0) is 0 Å². The summed E-state index contributed by atoms with van der Waals surface area (Å²) in [5.41, 5.74) is 1.21. The van der Waals surface area contributed by atoms with Crippen LogP contribution in [0.25, 0.3) is 0 Å². The standard InChI is InChI=1S/C21H19BrN2O3S/c1-24(12-13-27-18-10-6-16(22)7-11-18)21(26)15-4-8-17(9-5-15)23-20(25)19-3-2-14-28-19/h2-11,14H,12-13H2,1H3,(H,23,25). The molecule has 1 heterocycles. The van der Waals surface area contributed by atoms with E-state index in [1.165, 1.54) is 11.3 Å². The first-order valence-corrected chi connectivity index (χ1v) is 10.3. The monoisotopic (exact) mass is 458 g/mol. The van der Waals surface area contributed by atoms with Crippen molar-refractivity contribution in [3.63, 3.8) is 0 Å². The van der Waals surface area contributed by atoms with Gasteiger partial charge >= 0.3 is 0 Å². The first-order valence-electron chi connectivity index (χ1n) is 8.61. The summed E-state index contributed by atoms with van der Waals surface area (Å²) < 4.78 is 6.64. The fourth-order valence-corrected chi connectivity index (χ4v) is 3.33. The highest BCUT2D eigenvalue weighted by molar-refractivity contribution is 9.10. The zero-order valence-electron chi connectivity index (χ0n) is 15.2. The third-order valence-electron chi connectivity index (χ3n) is 3.99. The Kier molecular flexibility index (Phi) is 6.84. The van der Waals surface area contributed by atoms with Gasteiger partial charge in [-0.15, -0.1) is 11.3 Å². The molecule has 28 heavy (non-hydrogen) atoms. The molecule has 0 radical (unpaired) electrons. The largest absolute Gasteiger partial charge is 0.492 e. The van der Waals surface area contributed by atoms with Crippen molar-refractivity contribution in [3.8, 4) is 5.75 Å². The van der Waals surface area contributed by atoms with Crippen molar-refractivity contribution in [2.24, 2.45) is 0 Å². The maximum absolute atomic E-state index is 12.5. The van der Waals surface area contributed by atoms with Crippen LogP contribution in [0.15, 0.2) is 70.5 Å². The van der Waals surface area contributed by atoms with E-state index in [-0.39, 0.29) is 11.8 Å². The van der Waals surface area contributed by atoms with Gasteiger partial charge in [0.2, 0.25) is 0 Å². The van der Waals surface area contributed by atoms with E-state index in [9.17, 15) is 9.59 Å². The number of carbonyl (C=O) groups excluding carboxylic acids is 2. The van der Waals surface area contributed by atoms with E-state index in [1.54, 1.807) is 42.3 Å². The van der Waals surface area contributed by atoms with Crippen LogP contribution < -0.4 is 10.1 Å². The molecule has 0 saturated carbocycles. The van der Waals surface area contributed by atoms with Crippen LogP contribution in [0.3, 0.4) is 0 Å². The Morgan fingerprint density at radius 1 is 1.07 bits per heavy atom. The van der Waals surface area contributed by atoms with Gasteiger partial charge < -0.3 is 15.0 Å². The fourth-order valence-electron chi connectivity index (χ4n) is 2.45. The Morgan fingerprint density at radius 3 is 2.43 bits per heavy atom. The normalized spacial score (nSPS) is 10.4. The van der Waals surface area contributed by atoms with Crippen molar-refractivity contribution in [3.05, 3.63) is 81.0 Å². The Labute approximate surface area is 176 Å². The molecule has 0 aliphatic heterocycles. The molecular weight excluding hydrogens is 440 g/mol. The van der Waals surface area contributed by atoms with E-state index in [0.29, 0.717) is 29.3 Å². The Hall–Kier alpha value is -2.64. The lowest BCUT2D eigenvalue weighted by Crippen LogP contribution is -2.30. The minimum absolute atomic E-state index is 0.101. The van der Waals surface area contributed by atoms with Gasteiger partial charge in [-0.2, -0.15) is 0 Å². The topological polar surface area (TPSA) is 58.6 Å². The van der Waals surface area contributed by atoms with Crippen molar-refractivity contribution >= 4 is 44.8 Å². The van der Waals surface area contributed by atoms with Gasteiger partial charge in [0.05, 0.1) is 11.4 Å². The smallest absolute Gasteiger partial charge is 0.265 e. The SMILES string of the molecule is CN(CCOc1ccc(Br)cc1)C(=O)c1ccc(NC(=O)c2cccs2)cc1. The van der Waals surface area contributed by atoms with Gasteiger partial charge in [0.25, 0.3) is 11.8 Å². The van der Waals surface area contributed by atoms with Crippen molar-refractivity contribution < 1.29 is 14.3 Å². The van der Waals surface area contributed by atoms with Gasteiger partial charge in [-0.25, -0.2) is 0 Å². The summed E-state index contributed by atoms with van der Waals surface area (Å²) >= 11 is 4.76. The van der Waals surface area contributed by atoms with E-state index < -0.39 is 0 Å². The molecule has 0 unspecified atom stereocenters. The summed E-state index contributed by atoms with van der Waals surface area (Å²) in [6.07, 6.45) is 0. The van der Waals surface area contributed by atoms with Crippen LogP contribution in [0, 0.1) is 0 Å². The molecule has 0 fully saturated rings. The molecule has 1 aromatic heterocycles. The number of thiophene rings is 1. The molecule has 7 heteroatoms. The molecule has 0 aliphatic carbocycles. The molecule has 2 amide bonds. The molecule has 0 saturated heterocycles. The number of benzene rings is 2. The number of nitrogens with one attached hydrogen (secondary N) is 1. The first kappa shape index (κ1) is 20.1. The van der Waals surface area contributed by atoms with E-state index in [2.05, 4.69) is 21.2 Å². The second kappa shape index (κ2) is 9.52. The summed E-state index contributed by atoms with van der Waals surface area (Å²) in [5, 5.41) is 4.67. The number of amides is 2. The molecule has 144 valence electrons. The van der Waals surface area contributed by atoms with Gasteiger partial charge in [-0.05, 0) is 60.0 Å². The number of rotatable bonds is 7. The summed E-state index contributed by atoms with van der Waals surface area (Å²) in [7, 11) is 1.74. The van der Waals surface area contributed by atoms with Gasteiger partial charge in [0, 0.05) is 22.8 Å². The second-order valence-electron chi connectivity index (χ2n) is 6.04. The number of hydrogen-bond acceptors (Lipinski definition) is 4. The molecule has 2 aromatic carbocycles. The Balaban J connectivity index is 1.50. The summed E-state index contributed by atoms with van der Waals surface area (Å²) in [6.45, 7) is 0.866. The average molecular weight is 459 g/mol. The van der Waals surface area contributed by atoms with Crippen molar-refractivity contribution in [1.29, 1.82) is 0 Å². The predicted octanol–water partition coefficient (Wildman–Crippen LogP) is 4.91. The van der Waals surface area contributed by atoms with Gasteiger partial charge in [-0.1, -0.05) is 22.0 Å². The lowest BCUT2D eigenvalue weighted by atomic mass is 10.2. The van der Waals surface area contributed by atoms with Crippen molar-refractivity contribution in [1.82, 2.24) is 4.90 Å². The molecule has 3 aromatic rings. The van der Waals surface area contributed by atoms with Gasteiger partial charge in [0.1, 0.15) is 12.4 Å². The molecule has 0 aliphatic rings. The maximum atomic E-state index is 12.5. The highest BCUT2D eigenvalue weighted by atomic mass is 79.9. The zero-order valence-corrected chi connectivity index (χ0v) is 17.6. The number of nitrogens with zero attached hydrogens (tertiary/aromatic N) is 1. The molecule has 0 spiro atoms. The third-order valence-corrected chi connectivity index (χ3v) is 5.39. The van der Waals surface area contributed by atoms with Crippen LogP contribution >= 0.6 is 27.3 Å². The maximum Gasteiger partial charge on any atom is 0.265 e. The minimum Gasteiger partial charge on any atom is -0.492 e. The minimum atomic E-state index is -0.156. The fraction of sp³-hybridized carbons (Fsp3) is 0.143. The number of anilines is 1. The van der Waals surface area contributed by atoms with Crippen LogP contribution in [0.5, 0.6) is 5.75 Å². The van der Waals surface area contributed by atoms with Crippen LogP contribution in [0.1, 0.15) is 20.0 Å². The third kappa shape index (κ3) is 5.43. The quantitative estimate of drug-likeness (QED) is 0.546. The lowest BCUT2D eigenvalue weighted by molar-refractivity contribution is 0.0773. The molecular formula is C21H19BrN2O3S. The van der Waals surface area contributed by atoms with Crippen LogP contribution in [0.2, 0.25) is 0 Å². The predicted molar refractivity (Wildman–Crippen MR) is 115 cm³/mol. The number of carbonyl (C=O) groups is 2. The van der Waals surface area contributed by atoms with E-state index in [0.717, 1.165) is 10.2 Å². The summed E-state index contributed by atoms with van der Waals surface area (Å²) in [6, 6.07) is 18.0. The van der Waals surface area contributed by atoms with E-state index in [4.69, 9.17) is 4.74 Å². The second-order valence-corrected chi connectivity index (χ2v) is 7.90. The summed E-state index contributed by atoms with van der Waals surface area (Å²) in [5.74, 6) is 0.502. The van der Waals surface area contributed by atoms with Crippen molar-refractivity contribution in [2.45, 2.75) is 0 Å². The van der Waals surface area contributed by atoms with Crippen molar-refractivity contribution in [2.75, 3.05) is 25.5 Å². The van der Waals surface area contributed by atoms with Crippen LogP contribution in [0.4, 0.5) is 5.69 Å². The number of halogens is 1. The average Bonchev–Trinajstić information content (AvgIpc) is 3.24. The Bertz CT molecular complexity index is 925. The highest BCUT2D eigenvalue weighted by Crippen LogP contribution is 2.17. The molecule has 3 rings (SSSR count). The van der Waals surface area contributed by atoms with Crippen LogP contribution in [-0.4, -0.2) is 36.9 Å². The lowest BCUT2D eigenvalue weighted by Gasteiger charge is -2.18. The van der Waals surface area contributed by atoms with Gasteiger partial charge in [0.15, 0.2) is 0 Å². The zero-order chi connectivity index (χ0) is 19.9. The Morgan fingerprint density at radius 2 is 1.79 bits per heavy atom.